The summed E-state index contributed by atoms with van der Waals surface area (Å²) in [6, 6.07) is 11.3. The number of rotatable bonds is 7. The van der Waals surface area contributed by atoms with Gasteiger partial charge in [0.25, 0.3) is 5.90 Å². The first-order valence-corrected chi connectivity index (χ1v) is 8.89. The van der Waals surface area contributed by atoms with E-state index in [1.807, 2.05) is 0 Å². The standard InChI is InChI=1S/C21H19F3N4O3/c1-4-27-31-19(14-8-7-9-15(12-14)21(22,23)24)17-11-6-5-10-16(17)18(28-30-3)20(29-2)26-13-25/h4-12,19H,1-3H3. The normalized spacial score (nSPS) is 13.6. The molecule has 162 valence electrons. The van der Waals surface area contributed by atoms with Crippen molar-refractivity contribution in [3.05, 3.63) is 70.8 Å². The molecular formula is C21H19F3N4O3. The molecule has 0 aliphatic rings. The van der Waals surface area contributed by atoms with E-state index >= 15 is 0 Å². The third-order valence-corrected chi connectivity index (χ3v) is 4.02. The molecule has 7 nitrogen and oxygen atoms in total. The fourth-order valence-electron chi connectivity index (χ4n) is 2.77. The zero-order chi connectivity index (χ0) is 22.9. The molecule has 0 bridgehead atoms. The molecule has 0 aromatic heterocycles. The minimum absolute atomic E-state index is 0.0585. The Balaban J connectivity index is 2.72. The van der Waals surface area contributed by atoms with Crippen molar-refractivity contribution < 1.29 is 27.6 Å². The van der Waals surface area contributed by atoms with Crippen LogP contribution >= 0.6 is 0 Å². The Hall–Kier alpha value is -3.87. The third kappa shape index (κ3) is 5.82. The molecule has 2 aromatic rings. The second-order valence-electron chi connectivity index (χ2n) is 5.90. The predicted octanol–water partition coefficient (Wildman–Crippen LogP) is 4.69. The van der Waals surface area contributed by atoms with Crippen molar-refractivity contribution in [2.45, 2.75) is 19.2 Å². The maximum Gasteiger partial charge on any atom is 0.416 e. The highest BCUT2D eigenvalue weighted by molar-refractivity contribution is 6.45. The van der Waals surface area contributed by atoms with Crippen LogP contribution in [0.25, 0.3) is 0 Å². The average molecular weight is 432 g/mol. The average Bonchev–Trinajstić information content (AvgIpc) is 2.76. The Morgan fingerprint density at radius 2 is 1.87 bits per heavy atom. The molecule has 0 fully saturated rings. The van der Waals surface area contributed by atoms with Gasteiger partial charge in [-0.15, -0.1) is 4.99 Å². The van der Waals surface area contributed by atoms with Crippen LogP contribution in [0.2, 0.25) is 0 Å². The summed E-state index contributed by atoms with van der Waals surface area (Å²) < 4.78 is 44.9. The van der Waals surface area contributed by atoms with E-state index in [0.717, 1.165) is 12.1 Å². The molecule has 0 N–H and O–H groups in total. The number of benzene rings is 2. The first kappa shape index (κ1) is 23.4. The molecule has 2 aromatic carbocycles. The van der Waals surface area contributed by atoms with Gasteiger partial charge in [-0.2, -0.15) is 18.4 Å². The highest BCUT2D eigenvalue weighted by atomic mass is 19.4. The third-order valence-electron chi connectivity index (χ3n) is 4.02. The minimum atomic E-state index is -4.53. The van der Waals surface area contributed by atoms with Gasteiger partial charge in [-0.1, -0.05) is 46.7 Å². The fourth-order valence-corrected chi connectivity index (χ4v) is 2.77. The molecule has 0 radical (unpaired) electrons. The first-order valence-electron chi connectivity index (χ1n) is 8.89. The Kier molecular flexibility index (Phi) is 8.14. The molecule has 0 spiro atoms. The van der Waals surface area contributed by atoms with Crippen LogP contribution in [0.5, 0.6) is 0 Å². The summed E-state index contributed by atoms with van der Waals surface area (Å²) in [4.78, 5) is 14.0. The number of oxime groups is 2. The van der Waals surface area contributed by atoms with Crippen LogP contribution < -0.4 is 0 Å². The van der Waals surface area contributed by atoms with Crippen molar-refractivity contribution in [2.75, 3.05) is 14.2 Å². The number of methoxy groups -OCH3 is 1. The second-order valence-corrected chi connectivity index (χ2v) is 5.90. The number of ether oxygens (including phenoxy) is 1. The molecular weight excluding hydrogens is 413 g/mol. The lowest BCUT2D eigenvalue weighted by molar-refractivity contribution is -0.137. The van der Waals surface area contributed by atoms with Crippen molar-refractivity contribution in [3.63, 3.8) is 0 Å². The Bertz CT molecular complexity index is 1030. The van der Waals surface area contributed by atoms with Gasteiger partial charge in [0.15, 0.2) is 11.8 Å². The number of nitriles is 1. The molecule has 0 saturated heterocycles. The van der Waals surface area contributed by atoms with Crippen molar-refractivity contribution in [3.8, 4) is 6.19 Å². The van der Waals surface area contributed by atoms with Gasteiger partial charge in [0, 0.05) is 22.9 Å². The van der Waals surface area contributed by atoms with E-state index in [-0.39, 0.29) is 17.2 Å². The molecule has 1 unspecified atom stereocenters. The Morgan fingerprint density at radius 1 is 1.13 bits per heavy atom. The number of nitrogens with zero attached hydrogens (tertiary/aromatic N) is 4. The van der Waals surface area contributed by atoms with Gasteiger partial charge in [0.05, 0.1) is 12.7 Å². The molecule has 1 atom stereocenters. The minimum Gasteiger partial charge on any atom is -0.479 e. The Morgan fingerprint density at radius 3 is 2.48 bits per heavy atom. The summed E-state index contributed by atoms with van der Waals surface area (Å²) in [5, 5.41) is 16.6. The number of hydrogen-bond acceptors (Lipinski definition) is 7. The van der Waals surface area contributed by atoms with Crippen molar-refractivity contribution in [1.82, 2.24) is 0 Å². The lowest BCUT2D eigenvalue weighted by atomic mass is 9.93. The molecule has 10 heteroatoms. The van der Waals surface area contributed by atoms with Crippen LogP contribution in [0.3, 0.4) is 0 Å². The number of aliphatic imine (C=N–C) groups is 1. The molecule has 0 aliphatic carbocycles. The quantitative estimate of drug-likeness (QED) is 0.275. The predicted molar refractivity (Wildman–Crippen MR) is 109 cm³/mol. The Labute approximate surface area is 177 Å². The van der Waals surface area contributed by atoms with Crippen LogP contribution in [0.1, 0.15) is 35.3 Å². The highest BCUT2D eigenvalue weighted by Crippen LogP contribution is 2.35. The van der Waals surface area contributed by atoms with Gasteiger partial charge in [0.2, 0.25) is 6.19 Å². The van der Waals surface area contributed by atoms with Gasteiger partial charge in [-0.25, -0.2) is 0 Å². The molecule has 0 aliphatic heterocycles. The second kappa shape index (κ2) is 10.8. The van der Waals surface area contributed by atoms with Gasteiger partial charge in [-0.3, -0.25) is 0 Å². The summed E-state index contributed by atoms with van der Waals surface area (Å²) in [6.07, 6.45) is -2.58. The van der Waals surface area contributed by atoms with Crippen LogP contribution in [0, 0.1) is 11.5 Å². The van der Waals surface area contributed by atoms with Crippen LogP contribution in [0.15, 0.2) is 63.8 Å². The van der Waals surface area contributed by atoms with Crippen LogP contribution in [0.4, 0.5) is 13.2 Å². The zero-order valence-corrected chi connectivity index (χ0v) is 16.9. The molecule has 0 amide bonds. The smallest absolute Gasteiger partial charge is 0.416 e. The zero-order valence-electron chi connectivity index (χ0n) is 16.9. The first-order chi connectivity index (χ1) is 14.9. The largest absolute Gasteiger partial charge is 0.479 e. The highest BCUT2D eigenvalue weighted by Gasteiger charge is 2.32. The van der Waals surface area contributed by atoms with E-state index in [0.29, 0.717) is 11.1 Å². The van der Waals surface area contributed by atoms with Crippen molar-refractivity contribution in [1.29, 1.82) is 5.26 Å². The van der Waals surface area contributed by atoms with Gasteiger partial charge < -0.3 is 14.4 Å². The SMILES string of the molecule is CC=NOC(c1cccc(C(F)(F)F)c1)c1ccccc1C(=NOC)C(=NC#N)OC. The summed E-state index contributed by atoms with van der Waals surface area (Å²) >= 11 is 0. The van der Waals surface area contributed by atoms with E-state index < -0.39 is 17.8 Å². The number of alkyl halides is 3. The fraction of sp³-hybridized carbons (Fsp3) is 0.238. The van der Waals surface area contributed by atoms with Crippen molar-refractivity contribution >= 4 is 17.8 Å². The maximum absolute atomic E-state index is 13.3. The van der Waals surface area contributed by atoms with E-state index in [2.05, 4.69) is 15.3 Å². The van der Waals surface area contributed by atoms with Gasteiger partial charge in [0.1, 0.15) is 7.11 Å². The summed E-state index contributed by atoms with van der Waals surface area (Å²) in [5.41, 5.74) is 0.217. The summed E-state index contributed by atoms with van der Waals surface area (Å²) in [5.74, 6) is -0.140. The van der Waals surface area contributed by atoms with E-state index in [4.69, 9.17) is 19.7 Å². The van der Waals surface area contributed by atoms with Gasteiger partial charge >= 0.3 is 6.18 Å². The topological polar surface area (TPSA) is 88.6 Å². The number of halogens is 3. The molecule has 31 heavy (non-hydrogen) atoms. The monoisotopic (exact) mass is 432 g/mol. The van der Waals surface area contributed by atoms with E-state index in [9.17, 15) is 13.2 Å². The van der Waals surface area contributed by atoms with Crippen LogP contribution in [-0.2, 0) is 20.6 Å². The lowest BCUT2D eigenvalue weighted by Gasteiger charge is -2.20. The summed E-state index contributed by atoms with van der Waals surface area (Å²) in [7, 11) is 2.59. The molecule has 2 rings (SSSR count). The maximum atomic E-state index is 13.3. The lowest BCUT2D eigenvalue weighted by Crippen LogP contribution is -2.21. The number of hydrogen-bond donors (Lipinski definition) is 0. The van der Waals surface area contributed by atoms with Crippen LogP contribution in [-0.4, -0.2) is 32.0 Å². The summed E-state index contributed by atoms with van der Waals surface area (Å²) in [6.45, 7) is 1.61. The van der Waals surface area contributed by atoms with Crippen molar-refractivity contribution in [2.24, 2.45) is 15.3 Å². The van der Waals surface area contributed by atoms with E-state index in [1.54, 1.807) is 37.4 Å². The molecule has 0 heterocycles. The van der Waals surface area contributed by atoms with E-state index in [1.165, 1.54) is 32.6 Å². The molecule has 0 saturated carbocycles. The van der Waals surface area contributed by atoms with Gasteiger partial charge in [-0.05, 0) is 19.1 Å².